The van der Waals surface area contributed by atoms with Crippen LogP contribution in [0.4, 0.5) is 22.0 Å². The van der Waals surface area contributed by atoms with Gasteiger partial charge in [-0.25, -0.2) is 8.78 Å². The van der Waals surface area contributed by atoms with Gasteiger partial charge in [-0.1, -0.05) is 0 Å². The van der Waals surface area contributed by atoms with Gasteiger partial charge in [0.1, 0.15) is 11.3 Å². The Bertz CT molecular complexity index is 366. The minimum absolute atomic E-state index is 0.461. The van der Waals surface area contributed by atoms with Crippen LogP contribution in [0.3, 0.4) is 0 Å². The van der Waals surface area contributed by atoms with Crippen molar-refractivity contribution in [1.29, 1.82) is 0 Å². The van der Waals surface area contributed by atoms with Crippen LogP contribution in [0.15, 0.2) is 12.4 Å². The monoisotopic (exact) mass is 243 g/mol. The lowest BCUT2D eigenvalue weighted by atomic mass is 10.2. The number of ether oxygens (including phenoxy) is 2. The smallest absolute Gasteiger partial charge is 0.494 e. The molecule has 0 aromatic carbocycles. The topological polar surface area (TPSA) is 31.4 Å². The Labute approximate surface area is 86.8 Å². The molecule has 16 heavy (non-hydrogen) atoms. The summed E-state index contributed by atoms with van der Waals surface area (Å²) in [5.41, 5.74) is -0.977. The quantitative estimate of drug-likeness (QED) is 0.765. The fraction of sp³-hybridized carbons (Fsp3) is 0.375. The number of alkyl halides is 5. The maximum Gasteiger partial charge on any atom is 0.573 e. The van der Waals surface area contributed by atoms with Gasteiger partial charge in [-0.2, -0.15) is 0 Å². The maximum absolute atomic E-state index is 12.5. The summed E-state index contributed by atoms with van der Waals surface area (Å²) in [6, 6.07) is 0. The molecule has 1 rings (SSSR count). The van der Waals surface area contributed by atoms with Gasteiger partial charge in [0.05, 0.1) is 19.5 Å². The van der Waals surface area contributed by atoms with Gasteiger partial charge in [0.25, 0.3) is 6.43 Å². The molecule has 90 valence electrons. The Morgan fingerprint density at radius 1 is 1.19 bits per heavy atom. The fourth-order valence-electron chi connectivity index (χ4n) is 1.02. The van der Waals surface area contributed by atoms with Crippen LogP contribution in [0.1, 0.15) is 12.0 Å². The highest BCUT2D eigenvalue weighted by atomic mass is 19.4. The number of hydrogen-bond acceptors (Lipinski definition) is 3. The number of pyridine rings is 1. The van der Waals surface area contributed by atoms with E-state index in [9.17, 15) is 22.0 Å². The zero-order valence-corrected chi connectivity index (χ0v) is 7.89. The van der Waals surface area contributed by atoms with E-state index in [1.165, 1.54) is 0 Å². The first kappa shape index (κ1) is 12.5. The third kappa shape index (κ3) is 2.94. The summed E-state index contributed by atoms with van der Waals surface area (Å²) in [6.07, 6.45) is -6.78. The Kier molecular flexibility index (Phi) is 3.51. The van der Waals surface area contributed by atoms with Gasteiger partial charge in [0.15, 0.2) is 5.75 Å². The molecule has 0 saturated carbocycles. The molecule has 0 atom stereocenters. The fourth-order valence-corrected chi connectivity index (χ4v) is 1.02. The third-order valence-corrected chi connectivity index (χ3v) is 1.58. The van der Waals surface area contributed by atoms with Gasteiger partial charge in [-0.3, -0.25) is 4.98 Å². The summed E-state index contributed by atoms with van der Waals surface area (Å²) in [7, 11) is 1.04. The largest absolute Gasteiger partial charge is 0.573 e. The number of aromatic nitrogens is 1. The summed E-state index contributed by atoms with van der Waals surface area (Å²) >= 11 is 0. The molecule has 0 fully saturated rings. The summed E-state index contributed by atoms with van der Waals surface area (Å²) in [5.74, 6) is -1.53. The highest BCUT2D eigenvalue weighted by molar-refractivity contribution is 5.42. The molecule has 1 aromatic rings. The lowest BCUT2D eigenvalue weighted by Gasteiger charge is -2.14. The van der Waals surface area contributed by atoms with Crippen LogP contribution in [0.2, 0.25) is 0 Å². The first-order valence-electron chi connectivity index (χ1n) is 3.91. The number of hydrogen-bond donors (Lipinski definition) is 0. The van der Waals surface area contributed by atoms with Crippen molar-refractivity contribution in [3.8, 4) is 11.5 Å². The highest BCUT2D eigenvalue weighted by Crippen LogP contribution is 2.38. The molecule has 0 amide bonds. The third-order valence-electron chi connectivity index (χ3n) is 1.58. The van der Waals surface area contributed by atoms with Gasteiger partial charge >= 0.3 is 6.36 Å². The van der Waals surface area contributed by atoms with Crippen molar-refractivity contribution in [3.63, 3.8) is 0 Å². The van der Waals surface area contributed by atoms with Gasteiger partial charge in [0.2, 0.25) is 0 Å². The Balaban J connectivity index is 3.17. The molecule has 0 bridgehead atoms. The molecular formula is C8H6F5NO2. The van der Waals surface area contributed by atoms with Crippen molar-refractivity contribution in [2.45, 2.75) is 12.8 Å². The van der Waals surface area contributed by atoms with E-state index in [0.29, 0.717) is 6.20 Å². The van der Waals surface area contributed by atoms with Gasteiger partial charge in [-0.15, -0.1) is 13.2 Å². The van der Waals surface area contributed by atoms with E-state index in [-0.39, 0.29) is 0 Å². The van der Waals surface area contributed by atoms with Crippen molar-refractivity contribution in [3.05, 3.63) is 18.0 Å². The van der Waals surface area contributed by atoms with E-state index >= 15 is 0 Å². The van der Waals surface area contributed by atoms with Crippen LogP contribution in [0.5, 0.6) is 11.5 Å². The highest BCUT2D eigenvalue weighted by Gasteiger charge is 2.34. The summed E-state index contributed by atoms with van der Waals surface area (Å²) in [5, 5.41) is 0. The predicted octanol–water partition coefficient (Wildman–Crippen LogP) is 2.93. The normalized spacial score (nSPS) is 11.7. The molecule has 0 aliphatic carbocycles. The minimum Gasteiger partial charge on any atom is -0.494 e. The lowest BCUT2D eigenvalue weighted by molar-refractivity contribution is -0.275. The van der Waals surface area contributed by atoms with Crippen LogP contribution in [-0.2, 0) is 0 Å². The van der Waals surface area contributed by atoms with Crippen molar-refractivity contribution in [2.75, 3.05) is 7.11 Å². The maximum atomic E-state index is 12.5. The number of halogens is 5. The van der Waals surface area contributed by atoms with E-state index < -0.39 is 29.9 Å². The van der Waals surface area contributed by atoms with E-state index in [2.05, 4.69) is 14.5 Å². The second kappa shape index (κ2) is 4.50. The molecule has 1 heterocycles. The van der Waals surface area contributed by atoms with E-state index in [0.717, 1.165) is 13.3 Å². The van der Waals surface area contributed by atoms with Crippen molar-refractivity contribution in [2.24, 2.45) is 0 Å². The van der Waals surface area contributed by atoms with E-state index in [1.807, 2.05) is 0 Å². The first-order chi connectivity index (χ1) is 7.35. The molecule has 0 saturated heterocycles. The van der Waals surface area contributed by atoms with Crippen LogP contribution in [0, 0.1) is 0 Å². The molecule has 0 spiro atoms. The van der Waals surface area contributed by atoms with E-state index in [1.54, 1.807) is 0 Å². The van der Waals surface area contributed by atoms with Crippen LogP contribution in [0.25, 0.3) is 0 Å². The van der Waals surface area contributed by atoms with Crippen molar-refractivity contribution in [1.82, 2.24) is 4.98 Å². The zero-order valence-electron chi connectivity index (χ0n) is 7.89. The van der Waals surface area contributed by atoms with Crippen LogP contribution in [-0.4, -0.2) is 18.5 Å². The average molecular weight is 243 g/mol. The van der Waals surface area contributed by atoms with Gasteiger partial charge < -0.3 is 9.47 Å². The molecule has 0 aliphatic rings. The molecule has 0 N–H and O–H groups in total. The first-order valence-corrected chi connectivity index (χ1v) is 3.91. The number of rotatable bonds is 3. The molecule has 1 aromatic heterocycles. The predicted molar refractivity (Wildman–Crippen MR) is 42.4 cm³/mol. The van der Waals surface area contributed by atoms with Gasteiger partial charge in [-0.05, 0) is 0 Å². The summed E-state index contributed by atoms with van der Waals surface area (Å²) < 4.78 is 68.5. The Hall–Kier alpha value is -1.60. The molecular weight excluding hydrogens is 237 g/mol. The molecule has 0 aliphatic heterocycles. The minimum atomic E-state index is -5.06. The molecule has 0 unspecified atom stereocenters. The number of methoxy groups -OCH3 is 1. The zero-order chi connectivity index (χ0) is 12.3. The molecule has 0 radical (unpaired) electrons. The summed E-state index contributed by atoms with van der Waals surface area (Å²) in [4.78, 5) is 3.30. The SMILES string of the molecule is COc1cncc(OC(F)(F)F)c1C(F)F. The van der Waals surface area contributed by atoms with Crippen molar-refractivity contribution < 1.29 is 31.4 Å². The lowest BCUT2D eigenvalue weighted by Crippen LogP contribution is -2.18. The average Bonchev–Trinajstić information content (AvgIpc) is 2.14. The van der Waals surface area contributed by atoms with E-state index in [4.69, 9.17) is 0 Å². The Morgan fingerprint density at radius 3 is 2.19 bits per heavy atom. The Morgan fingerprint density at radius 2 is 1.75 bits per heavy atom. The van der Waals surface area contributed by atoms with Crippen LogP contribution >= 0.6 is 0 Å². The standard InChI is InChI=1S/C8H6F5NO2/c1-15-4-2-14-3-5(6(4)7(9)10)16-8(11,12)13/h2-3,7H,1H3. The molecule has 3 nitrogen and oxygen atoms in total. The van der Waals surface area contributed by atoms with Gasteiger partial charge in [0, 0.05) is 0 Å². The number of nitrogens with zero attached hydrogens (tertiary/aromatic N) is 1. The summed E-state index contributed by atoms with van der Waals surface area (Å²) in [6.45, 7) is 0. The van der Waals surface area contributed by atoms with Crippen LogP contribution < -0.4 is 9.47 Å². The second-order valence-electron chi connectivity index (χ2n) is 2.60. The second-order valence-corrected chi connectivity index (χ2v) is 2.60. The van der Waals surface area contributed by atoms with Crippen molar-refractivity contribution >= 4 is 0 Å². The molecule has 8 heteroatoms.